The third-order valence-electron chi connectivity index (χ3n) is 9.19. The minimum absolute atomic E-state index is 0.0378. The van der Waals surface area contributed by atoms with E-state index in [-0.39, 0.29) is 47.9 Å². The van der Waals surface area contributed by atoms with Gasteiger partial charge >= 0.3 is 6.09 Å². The zero-order valence-electron chi connectivity index (χ0n) is 27.1. The highest BCUT2D eigenvalue weighted by molar-refractivity contribution is 6.06. The Morgan fingerprint density at radius 2 is 1.50 bits per heavy atom. The van der Waals surface area contributed by atoms with E-state index in [0.29, 0.717) is 68.0 Å². The Morgan fingerprint density at radius 1 is 0.875 bits per heavy atom. The highest BCUT2D eigenvalue weighted by atomic mass is 16.5. The molecule has 0 aromatic heterocycles. The zero-order chi connectivity index (χ0) is 34.1. The monoisotopic (exact) mass is 660 g/mol. The lowest BCUT2D eigenvalue weighted by atomic mass is 9.97. The van der Waals surface area contributed by atoms with Crippen LogP contribution < -0.4 is 23.8 Å². The molecule has 2 saturated heterocycles. The van der Waals surface area contributed by atoms with Crippen LogP contribution >= 0.6 is 0 Å². The molecule has 254 valence electrons. The maximum atomic E-state index is 13.6. The number of amides is 3. The van der Waals surface area contributed by atoms with E-state index in [1.54, 1.807) is 23.2 Å². The van der Waals surface area contributed by atoms with Crippen molar-refractivity contribution in [3.05, 3.63) is 59.7 Å². The van der Waals surface area contributed by atoms with E-state index in [4.69, 9.17) is 18.9 Å². The number of ether oxygens (including phenoxy) is 4. The highest BCUT2D eigenvalue weighted by Crippen LogP contribution is 2.42. The van der Waals surface area contributed by atoms with Gasteiger partial charge in [-0.1, -0.05) is 24.3 Å². The highest BCUT2D eigenvalue weighted by Gasteiger charge is 2.44. The predicted molar refractivity (Wildman–Crippen MR) is 177 cm³/mol. The Balaban J connectivity index is 1.07. The van der Waals surface area contributed by atoms with E-state index < -0.39 is 24.3 Å². The molecule has 6 rings (SSSR count). The van der Waals surface area contributed by atoms with Crippen molar-refractivity contribution in [1.29, 1.82) is 0 Å². The number of hydrogen-bond acceptors (Lipinski definition) is 9. The van der Waals surface area contributed by atoms with Crippen LogP contribution in [0.2, 0.25) is 0 Å². The molecule has 0 saturated carbocycles. The number of carboxylic acid groups (broad SMARTS) is 1. The number of unbranched alkanes of at least 4 members (excludes halogenated alkanes) is 2. The molecule has 4 aliphatic heterocycles. The molecule has 48 heavy (non-hydrogen) atoms. The summed E-state index contributed by atoms with van der Waals surface area (Å²) in [4.78, 5) is 47.8. The average molecular weight is 661 g/mol. The van der Waals surface area contributed by atoms with Crippen LogP contribution in [0.4, 0.5) is 16.2 Å². The standard InChI is InChI=1S/C35H40N4O9/c1-20-8-9-26-34(42)39(35(43)44)27-16-31(29(46-4)14-24(27)33(41)38(26)18-20)48-11-7-5-6-10-47-30-15-25-23(13-28(30)45-3)32(40)37-19-21(2)12-22(37)17-36-25/h13-17,22,26,34,42H,1-2,5-12,18-19H2,3-4H3,(H,43,44). The second-order valence-electron chi connectivity index (χ2n) is 12.4. The first kappa shape index (κ1) is 32.9. The molecule has 2 aromatic rings. The van der Waals surface area contributed by atoms with Crippen molar-refractivity contribution in [3.8, 4) is 23.0 Å². The summed E-state index contributed by atoms with van der Waals surface area (Å²) in [5, 5.41) is 21.2. The molecule has 2 fully saturated rings. The van der Waals surface area contributed by atoms with Crippen molar-refractivity contribution in [2.75, 3.05) is 45.4 Å². The molecular weight excluding hydrogens is 620 g/mol. The number of piperidine rings is 1. The van der Waals surface area contributed by atoms with Gasteiger partial charge in [0.1, 0.15) is 0 Å². The van der Waals surface area contributed by atoms with Crippen molar-refractivity contribution in [3.63, 3.8) is 0 Å². The second kappa shape index (κ2) is 13.6. The number of rotatable bonds is 10. The van der Waals surface area contributed by atoms with Crippen molar-refractivity contribution in [2.24, 2.45) is 4.99 Å². The fraction of sp³-hybridized carbons (Fsp3) is 0.429. The number of fused-ring (bicyclic) bond motifs is 4. The van der Waals surface area contributed by atoms with Crippen molar-refractivity contribution in [2.45, 2.75) is 56.8 Å². The zero-order valence-corrected chi connectivity index (χ0v) is 27.1. The Kier molecular flexibility index (Phi) is 9.31. The molecule has 0 bridgehead atoms. The Labute approximate surface area is 278 Å². The normalized spacial score (nSPS) is 21.6. The quantitative estimate of drug-likeness (QED) is 0.271. The van der Waals surface area contributed by atoms with Crippen LogP contribution in [-0.2, 0) is 0 Å². The topological polar surface area (TPSA) is 151 Å². The van der Waals surface area contributed by atoms with Gasteiger partial charge in [0.15, 0.2) is 29.2 Å². The first-order valence-electron chi connectivity index (χ1n) is 16.0. The maximum absolute atomic E-state index is 13.6. The number of nitrogens with zero attached hydrogens (tertiary/aromatic N) is 4. The number of aliphatic imine (C=N–C) groups is 1. The van der Waals surface area contributed by atoms with Gasteiger partial charge in [0.2, 0.25) is 0 Å². The van der Waals surface area contributed by atoms with Crippen molar-refractivity contribution in [1.82, 2.24) is 9.80 Å². The second-order valence-corrected chi connectivity index (χ2v) is 12.4. The number of carbonyl (C=O) groups excluding carboxylic acids is 2. The van der Waals surface area contributed by atoms with Crippen molar-refractivity contribution >= 4 is 35.5 Å². The van der Waals surface area contributed by atoms with E-state index in [1.165, 1.54) is 31.3 Å². The van der Waals surface area contributed by atoms with Gasteiger partial charge in [-0.3, -0.25) is 14.6 Å². The van der Waals surface area contributed by atoms with E-state index in [2.05, 4.69) is 18.2 Å². The summed E-state index contributed by atoms with van der Waals surface area (Å²) in [7, 11) is 2.97. The molecule has 13 nitrogen and oxygen atoms in total. The number of benzene rings is 2. The largest absolute Gasteiger partial charge is 0.493 e. The Morgan fingerprint density at radius 3 is 2.17 bits per heavy atom. The summed E-state index contributed by atoms with van der Waals surface area (Å²) in [5.41, 5.74) is 2.98. The first-order valence-corrected chi connectivity index (χ1v) is 16.0. The molecule has 3 unspecified atom stereocenters. The third kappa shape index (κ3) is 6.17. The van der Waals surface area contributed by atoms with Gasteiger partial charge in [0, 0.05) is 31.4 Å². The van der Waals surface area contributed by atoms with E-state index >= 15 is 0 Å². The van der Waals surface area contributed by atoms with Gasteiger partial charge in [-0.15, -0.1) is 0 Å². The SMILES string of the molecule is C=C1CC2C=Nc3cc(OCCCCCOc4cc5c(cc4OC)C(=O)N4CC(=C)CCC4C(O)N5C(=O)O)c(OC)cc3C(=O)N2C1. The molecule has 0 aliphatic carbocycles. The summed E-state index contributed by atoms with van der Waals surface area (Å²) in [6, 6.07) is 5.51. The molecule has 13 heteroatoms. The van der Waals surface area contributed by atoms with E-state index in [1.807, 2.05) is 0 Å². The molecule has 0 radical (unpaired) electrons. The molecular formula is C35H40N4O9. The number of methoxy groups -OCH3 is 2. The van der Waals surface area contributed by atoms with Crippen LogP contribution in [0.15, 0.2) is 53.6 Å². The smallest absolute Gasteiger partial charge is 0.414 e. The lowest BCUT2D eigenvalue weighted by Crippen LogP contribution is -2.55. The van der Waals surface area contributed by atoms with Crippen LogP contribution in [0.1, 0.15) is 59.2 Å². The first-order chi connectivity index (χ1) is 23.1. The molecule has 4 aliphatic rings. The van der Waals surface area contributed by atoms with Crippen LogP contribution in [0.3, 0.4) is 0 Å². The summed E-state index contributed by atoms with van der Waals surface area (Å²) < 4.78 is 23.1. The molecule has 0 spiro atoms. The number of aliphatic hydroxyl groups is 1. The van der Waals surface area contributed by atoms with Gasteiger partial charge < -0.3 is 39.0 Å². The number of aliphatic hydroxyl groups excluding tert-OH is 1. The minimum atomic E-state index is -1.45. The van der Waals surface area contributed by atoms with E-state index in [9.17, 15) is 24.6 Å². The fourth-order valence-corrected chi connectivity index (χ4v) is 6.71. The summed E-state index contributed by atoms with van der Waals surface area (Å²) >= 11 is 0. The lowest BCUT2D eigenvalue weighted by molar-refractivity contribution is 0.0323. The van der Waals surface area contributed by atoms with Crippen LogP contribution in [0.25, 0.3) is 0 Å². The molecule has 3 amide bonds. The van der Waals surface area contributed by atoms with Crippen LogP contribution in [0, 0.1) is 0 Å². The van der Waals surface area contributed by atoms with Gasteiger partial charge in [0.05, 0.1) is 62.0 Å². The number of carbonyl (C=O) groups is 3. The van der Waals surface area contributed by atoms with Crippen LogP contribution in [-0.4, -0.2) is 103 Å². The van der Waals surface area contributed by atoms with Gasteiger partial charge in [-0.05, 0) is 50.7 Å². The van der Waals surface area contributed by atoms with Crippen LogP contribution in [0.5, 0.6) is 23.0 Å². The van der Waals surface area contributed by atoms with Gasteiger partial charge in [0.25, 0.3) is 11.8 Å². The fourth-order valence-electron chi connectivity index (χ4n) is 6.71. The molecule has 4 heterocycles. The predicted octanol–water partition coefficient (Wildman–Crippen LogP) is 4.80. The molecule has 2 N–H and O–H groups in total. The summed E-state index contributed by atoms with van der Waals surface area (Å²) in [6.45, 7) is 9.43. The van der Waals surface area contributed by atoms with E-state index in [0.717, 1.165) is 22.5 Å². The van der Waals surface area contributed by atoms with Gasteiger partial charge in [-0.25, -0.2) is 9.69 Å². The number of anilines is 1. The molecule has 2 aromatic carbocycles. The lowest BCUT2D eigenvalue weighted by Gasteiger charge is -2.39. The Bertz CT molecular complexity index is 1690. The van der Waals surface area contributed by atoms with Gasteiger partial charge in [-0.2, -0.15) is 0 Å². The van der Waals surface area contributed by atoms with Crippen molar-refractivity contribution < 1.29 is 43.5 Å². The summed E-state index contributed by atoms with van der Waals surface area (Å²) in [5.74, 6) is 0.979. The average Bonchev–Trinajstić information content (AvgIpc) is 3.36. The molecule has 3 atom stereocenters. The maximum Gasteiger partial charge on any atom is 0.414 e. The summed E-state index contributed by atoms with van der Waals surface area (Å²) in [6.07, 6.45) is 2.73. The minimum Gasteiger partial charge on any atom is -0.493 e. The Hall–Kier alpha value is -5.04. The third-order valence-corrected chi connectivity index (χ3v) is 9.19. The number of hydrogen-bond donors (Lipinski definition) is 2.